The molecular weight excluding hydrogens is 160 g/mol. The highest BCUT2D eigenvalue weighted by molar-refractivity contribution is 6.00. The first-order valence-corrected chi connectivity index (χ1v) is 3.82. The van der Waals surface area contributed by atoms with Crippen molar-refractivity contribution in [2.75, 3.05) is 13.2 Å². The van der Waals surface area contributed by atoms with Crippen molar-refractivity contribution in [2.45, 2.75) is 18.6 Å². The molecule has 0 aliphatic heterocycles. The fourth-order valence-corrected chi connectivity index (χ4v) is 1.04. The summed E-state index contributed by atoms with van der Waals surface area (Å²) >= 11 is 0. The van der Waals surface area contributed by atoms with Gasteiger partial charge in [0.15, 0.2) is 11.4 Å². The lowest BCUT2D eigenvalue weighted by molar-refractivity contribution is -0.148. The van der Waals surface area contributed by atoms with Gasteiger partial charge in [-0.15, -0.1) is 0 Å². The second-order valence-electron chi connectivity index (χ2n) is 2.73. The van der Waals surface area contributed by atoms with Gasteiger partial charge in [0, 0.05) is 6.61 Å². The SMILES string of the molecule is CCOCC1(O)C(=O)C=CC1O. The van der Waals surface area contributed by atoms with Crippen LogP contribution in [-0.2, 0) is 9.53 Å². The molecule has 4 nitrogen and oxygen atoms in total. The molecule has 0 aromatic carbocycles. The second-order valence-corrected chi connectivity index (χ2v) is 2.73. The largest absolute Gasteiger partial charge is 0.385 e. The van der Waals surface area contributed by atoms with Crippen LogP contribution in [0.4, 0.5) is 0 Å². The minimum absolute atomic E-state index is 0.156. The molecule has 1 aliphatic carbocycles. The topological polar surface area (TPSA) is 66.8 Å². The number of carbonyl (C=O) groups is 1. The average Bonchev–Trinajstić information content (AvgIpc) is 2.30. The van der Waals surface area contributed by atoms with Crippen LogP contribution in [0.5, 0.6) is 0 Å². The van der Waals surface area contributed by atoms with Crippen molar-refractivity contribution in [1.29, 1.82) is 0 Å². The first-order valence-electron chi connectivity index (χ1n) is 3.82. The summed E-state index contributed by atoms with van der Waals surface area (Å²) in [5.41, 5.74) is -1.75. The minimum Gasteiger partial charge on any atom is -0.385 e. The van der Waals surface area contributed by atoms with E-state index in [9.17, 15) is 15.0 Å². The molecule has 0 heterocycles. The number of aliphatic hydroxyl groups is 2. The molecule has 2 atom stereocenters. The van der Waals surface area contributed by atoms with Crippen LogP contribution in [-0.4, -0.2) is 40.9 Å². The summed E-state index contributed by atoms with van der Waals surface area (Å²) in [5.74, 6) is -0.497. The molecule has 4 heteroatoms. The van der Waals surface area contributed by atoms with E-state index in [1.165, 1.54) is 12.2 Å². The van der Waals surface area contributed by atoms with E-state index >= 15 is 0 Å². The quantitative estimate of drug-likeness (QED) is 0.588. The maximum atomic E-state index is 11.0. The van der Waals surface area contributed by atoms with Crippen LogP contribution < -0.4 is 0 Å². The molecule has 0 aromatic rings. The Bertz CT molecular complexity index is 211. The highest BCUT2D eigenvalue weighted by Crippen LogP contribution is 2.20. The normalized spacial score (nSPS) is 34.6. The molecule has 0 spiro atoms. The number of ketones is 1. The summed E-state index contributed by atoms with van der Waals surface area (Å²) in [5, 5.41) is 18.8. The number of hydrogen-bond donors (Lipinski definition) is 2. The Morgan fingerprint density at radius 1 is 1.75 bits per heavy atom. The van der Waals surface area contributed by atoms with E-state index in [1.807, 2.05) is 0 Å². The summed E-state index contributed by atoms with van der Waals surface area (Å²) in [4.78, 5) is 11.0. The third-order valence-corrected chi connectivity index (χ3v) is 1.87. The van der Waals surface area contributed by atoms with Crippen molar-refractivity contribution >= 4 is 5.78 Å². The van der Waals surface area contributed by atoms with Crippen LogP contribution in [0.25, 0.3) is 0 Å². The Balaban J connectivity index is 2.63. The predicted octanol–water partition coefficient (Wildman–Crippen LogP) is -0.746. The number of carbonyl (C=O) groups excluding carboxylic acids is 1. The highest BCUT2D eigenvalue weighted by Gasteiger charge is 2.44. The van der Waals surface area contributed by atoms with Crippen LogP contribution in [0, 0.1) is 0 Å². The molecule has 1 aliphatic rings. The molecule has 0 saturated heterocycles. The van der Waals surface area contributed by atoms with E-state index in [-0.39, 0.29) is 6.61 Å². The van der Waals surface area contributed by atoms with E-state index in [2.05, 4.69) is 0 Å². The van der Waals surface area contributed by atoms with Gasteiger partial charge in [-0.3, -0.25) is 4.79 Å². The minimum atomic E-state index is -1.75. The van der Waals surface area contributed by atoms with Crippen molar-refractivity contribution < 1.29 is 19.7 Å². The predicted molar refractivity (Wildman–Crippen MR) is 41.6 cm³/mol. The monoisotopic (exact) mass is 172 g/mol. The molecule has 0 fully saturated rings. The Morgan fingerprint density at radius 2 is 2.42 bits per heavy atom. The van der Waals surface area contributed by atoms with E-state index in [1.54, 1.807) is 6.92 Å². The third-order valence-electron chi connectivity index (χ3n) is 1.87. The fourth-order valence-electron chi connectivity index (χ4n) is 1.04. The lowest BCUT2D eigenvalue weighted by Crippen LogP contribution is -2.48. The summed E-state index contributed by atoms with van der Waals surface area (Å²) in [6.45, 7) is 2.00. The molecule has 0 saturated carbocycles. The van der Waals surface area contributed by atoms with Gasteiger partial charge < -0.3 is 14.9 Å². The van der Waals surface area contributed by atoms with Crippen molar-refractivity contribution in [3.05, 3.63) is 12.2 Å². The van der Waals surface area contributed by atoms with Crippen molar-refractivity contribution in [3.63, 3.8) is 0 Å². The Kier molecular flexibility index (Phi) is 2.62. The van der Waals surface area contributed by atoms with Gasteiger partial charge in [-0.2, -0.15) is 0 Å². The Hall–Kier alpha value is -0.710. The van der Waals surface area contributed by atoms with Crippen LogP contribution in [0.15, 0.2) is 12.2 Å². The summed E-state index contributed by atoms with van der Waals surface area (Å²) < 4.78 is 4.89. The lowest BCUT2D eigenvalue weighted by atomic mass is 9.99. The van der Waals surface area contributed by atoms with Gasteiger partial charge in [-0.05, 0) is 19.1 Å². The van der Waals surface area contributed by atoms with Crippen molar-refractivity contribution in [1.82, 2.24) is 0 Å². The molecule has 2 N–H and O–H groups in total. The average molecular weight is 172 g/mol. The zero-order valence-electron chi connectivity index (χ0n) is 6.86. The van der Waals surface area contributed by atoms with Gasteiger partial charge in [0.25, 0.3) is 0 Å². The van der Waals surface area contributed by atoms with Crippen LogP contribution in [0.3, 0.4) is 0 Å². The highest BCUT2D eigenvalue weighted by atomic mass is 16.5. The molecule has 0 amide bonds. The van der Waals surface area contributed by atoms with Gasteiger partial charge in [-0.25, -0.2) is 0 Å². The summed E-state index contributed by atoms with van der Waals surface area (Å²) in [6, 6.07) is 0. The lowest BCUT2D eigenvalue weighted by Gasteiger charge is -2.23. The molecule has 0 radical (unpaired) electrons. The first-order chi connectivity index (χ1) is 5.61. The fraction of sp³-hybridized carbons (Fsp3) is 0.625. The van der Waals surface area contributed by atoms with Crippen LogP contribution in [0.2, 0.25) is 0 Å². The third kappa shape index (κ3) is 1.41. The van der Waals surface area contributed by atoms with Gasteiger partial charge >= 0.3 is 0 Å². The Morgan fingerprint density at radius 3 is 2.83 bits per heavy atom. The second kappa shape index (κ2) is 3.35. The molecular formula is C8H12O4. The molecule has 0 aromatic heterocycles. The molecule has 68 valence electrons. The summed E-state index contributed by atoms with van der Waals surface area (Å²) in [7, 11) is 0. The molecule has 1 rings (SSSR count). The standard InChI is InChI=1S/C8H12O4/c1-2-12-5-8(11)6(9)3-4-7(8)10/h3-4,6,9,11H,2,5H2,1H3. The van der Waals surface area contributed by atoms with Crippen LogP contribution in [0.1, 0.15) is 6.92 Å². The number of hydrogen-bond acceptors (Lipinski definition) is 4. The first kappa shape index (κ1) is 9.38. The molecule has 2 unspecified atom stereocenters. The van der Waals surface area contributed by atoms with Gasteiger partial charge in [0.2, 0.25) is 0 Å². The molecule has 0 bridgehead atoms. The van der Waals surface area contributed by atoms with Crippen molar-refractivity contribution in [3.8, 4) is 0 Å². The zero-order valence-corrected chi connectivity index (χ0v) is 6.86. The number of aliphatic hydroxyl groups excluding tert-OH is 1. The van der Waals surface area contributed by atoms with E-state index < -0.39 is 17.5 Å². The number of ether oxygens (including phenoxy) is 1. The van der Waals surface area contributed by atoms with E-state index in [0.29, 0.717) is 6.61 Å². The zero-order chi connectivity index (χ0) is 9.19. The van der Waals surface area contributed by atoms with E-state index in [4.69, 9.17) is 4.74 Å². The maximum Gasteiger partial charge on any atom is 0.192 e. The summed E-state index contributed by atoms with van der Waals surface area (Å²) in [6.07, 6.45) is 1.29. The number of rotatable bonds is 3. The Labute approximate surface area is 70.5 Å². The smallest absolute Gasteiger partial charge is 0.192 e. The van der Waals surface area contributed by atoms with Crippen molar-refractivity contribution in [2.24, 2.45) is 0 Å². The molecule has 12 heavy (non-hydrogen) atoms. The van der Waals surface area contributed by atoms with E-state index in [0.717, 1.165) is 0 Å². The van der Waals surface area contributed by atoms with Gasteiger partial charge in [0.1, 0.15) is 6.10 Å². The maximum absolute atomic E-state index is 11.0. The van der Waals surface area contributed by atoms with Crippen LogP contribution >= 0.6 is 0 Å². The van der Waals surface area contributed by atoms with Gasteiger partial charge in [-0.1, -0.05) is 0 Å². The van der Waals surface area contributed by atoms with Gasteiger partial charge in [0.05, 0.1) is 6.61 Å².